The first kappa shape index (κ1) is 117. The third-order valence-electron chi connectivity index (χ3n) is 20.8. The lowest BCUT2D eigenvalue weighted by molar-refractivity contribution is -0.138. The van der Waals surface area contributed by atoms with E-state index in [1.807, 2.05) is 0 Å². The lowest BCUT2D eigenvalue weighted by Gasteiger charge is -2.03. The Hall–Kier alpha value is -2.36. The molecule has 0 radical (unpaired) electrons. The number of aliphatic hydroxyl groups excluding tert-OH is 6. The second kappa shape index (κ2) is 113. The Kier molecular flexibility index (Phi) is 122. The van der Waals surface area contributed by atoms with Gasteiger partial charge in [-0.25, -0.2) is 0 Å². The van der Waals surface area contributed by atoms with Crippen LogP contribution in [0.25, 0.3) is 0 Å². The maximum absolute atomic E-state index is 10.4. The van der Waals surface area contributed by atoms with Gasteiger partial charge in [-0.2, -0.15) is 0 Å². The monoisotopic (exact) mass is 1550 g/mol. The van der Waals surface area contributed by atoms with Crippen LogP contribution in [0.1, 0.15) is 541 Å². The third-order valence-corrected chi connectivity index (χ3v) is 20.8. The number of aliphatic hydroxyl groups is 6. The smallest absolute Gasteiger partial charge is 0.303 e. The summed E-state index contributed by atoms with van der Waals surface area (Å²) in [6.45, 7) is 7.67. The van der Waals surface area contributed by atoms with Crippen LogP contribution in [0.3, 0.4) is 0 Å². The van der Waals surface area contributed by atoms with Gasteiger partial charge in [0.05, 0.1) is 26.4 Å². The molecule has 0 aliphatic rings. The van der Waals surface area contributed by atoms with Gasteiger partial charge in [-0.05, 0) is 25.7 Å². The van der Waals surface area contributed by atoms with E-state index in [4.69, 9.17) is 51.1 Å². The molecule has 0 aromatic heterocycles. The Balaban J connectivity index is -0.000000304. The van der Waals surface area contributed by atoms with Crippen molar-refractivity contribution in [3.8, 4) is 0 Å². The van der Waals surface area contributed by atoms with E-state index in [0.29, 0.717) is 25.7 Å². The topological polar surface area (TPSA) is 271 Å². The fraction of sp³-hybridized carbons (Fsp3) is 0.957. The molecule has 0 atom stereocenters. The highest BCUT2D eigenvalue weighted by Crippen LogP contribution is 2.21. The SMILES string of the molecule is CCCCCCCCCCCCCCCCCCCCCC(=O)O.CCCCCCCCCCCCCCCCCCCCCC(=O)O.CCCCCCCCCCCCCCCCCCCCCC(=O)O.CCCCCCCCCCCCCCCCCCCCCC(=O)O.OCC(O)CO.OCC(O)CO. The van der Waals surface area contributed by atoms with Gasteiger partial charge in [-0.1, -0.05) is 490 Å². The zero-order valence-electron chi connectivity index (χ0n) is 72.7. The van der Waals surface area contributed by atoms with E-state index in [-0.39, 0.29) is 26.4 Å². The quantitative estimate of drug-likeness (QED) is 0.0254. The molecule has 0 amide bonds. The largest absolute Gasteiger partial charge is 0.481 e. The van der Waals surface area contributed by atoms with Gasteiger partial charge >= 0.3 is 23.9 Å². The minimum Gasteiger partial charge on any atom is -0.481 e. The van der Waals surface area contributed by atoms with Crippen LogP contribution in [0.2, 0.25) is 0 Å². The van der Waals surface area contributed by atoms with Gasteiger partial charge in [0, 0.05) is 25.7 Å². The molecule has 0 rings (SSSR count). The van der Waals surface area contributed by atoms with Crippen molar-refractivity contribution in [3.05, 3.63) is 0 Å². The van der Waals surface area contributed by atoms with E-state index in [1.165, 1.54) is 437 Å². The first-order chi connectivity index (χ1) is 52.7. The molecule has 0 heterocycles. The van der Waals surface area contributed by atoms with Gasteiger partial charge in [-0.3, -0.25) is 19.2 Å². The molecule has 0 spiro atoms. The minimum atomic E-state index is -0.954. The van der Waals surface area contributed by atoms with Crippen LogP contribution in [0.15, 0.2) is 0 Å². The maximum atomic E-state index is 10.4. The highest BCUT2D eigenvalue weighted by molar-refractivity contribution is 5.67. The van der Waals surface area contributed by atoms with Crippen LogP contribution < -0.4 is 0 Å². The predicted octanol–water partition coefficient (Wildman–Crippen LogP) is 28.2. The molecular weight excluding hydrogens is 1350 g/mol. The lowest BCUT2D eigenvalue weighted by Crippen LogP contribution is -2.15. The third kappa shape index (κ3) is 136. The average molecular weight is 1550 g/mol. The van der Waals surface area contributed by atoms with E-state index < -0.39 is 36.1 Å². The minimum absolute atomic E-state index is 0.346. The summed E-state index contributed by atoms with van der Waals surface area (Å²) in [6.07, 6.45) is 102. The zero-order valence-corrected chi connectivity index (χ0v) is 72.7. The number of carboxylic acid groups (broad SMARTS) is 4. The van der Waals surface area contributed by atoms with Gasteiger partial charge in [0.2, 0.25) is 0 Å². The Morgan fingerprint density at radius 3 is 0.287 bits per heavy atom. The summed E-state index contributed by atoms with van der Waals surface area (Å²) in [5, 5.41) is 82.3. The van der Waals surface area contributed by atoms with Gasteiger partial charge in [0.15, 0.2) is 0 Å². The number of carbonyl (C=O) groups is 4. The standard InChI is InChI=1S/4C22H44O2.2C3H8O3/c4*1-2-3-4-5-6-7-8-9-10-11-12-13-14-15-16-17-18-19-20-21-22(23)24;2*4-1-3(6)2-5/h4*2-21H2,1H3,(H,23,24);2*3-6H,1-2H2. The van der Waals surface area contributed by atoms with Gasteiger partial charge in [-0.15, -0.1) is 0 Å². The number of carboxylic acids is 4. The van der Waals surface area contributed by atoms with Crippen LogP contribution in [0.5, 0.6) is 0 Å². The highest BCUT2D eigenvalue weighted by atomic mass is 16.4. The van der Waals surface area contributed by atoms with Crippen LogP contribution in [-0.2, 0) is 19.2 Å². The maximum Gasteiger partial charge on any atom is 0.303 e. The van der Waals surface area contributed by atoms with Crippen LogP contribution in [0, 0.1) is 0 Å². The molecule has 0 aliphatic carbocycles. The molecule has 0 saturated heterocycles. The number of unbranched alkanes of at least 4 members (excludes halogenated alkanes) is 72. The average Bonchev–Trinajstić information content (AvgIpc) is 3.86. The highest BCUT2D eigenvalue weighted by Gasteiger charge is 2.04. The summed E-state index contributed by atoms with van der Waals surface area (Å²) < 4.78 is 0. The van der Waals surface area contributed by atoms with Gasteiger partial charge < -0.3 is 51.1 Å². The summed E-state index contributed by atoms with van der Waals surface area (Å²) in [5.41, 5.74) is 0. The van der Waals surface area contributed by atoms with E-state index >= 15 is 0 Å². The fourth-order valence-corrected chi connectivity index (χ4v) is 13.5. The predicted molar refractivity (Wildman–Crippen MR) is 463 cm³/mol. The normalized spacial score (nSPS) is 10.9. The molecule has 14 heteroatoms. The van der Waals surface area contributed by atoms with Crippen LogP contribution in [-0.4, -0.2) is 114 Å². The van der Waals surface area contributed by atoms with Crippen molar-refractivity contribution in [2.45, 2.75) is 554 Å². The molecule has 108 heavy (non-hydrogen) atoms. The van der Waals surface area contributed by atoms with Crippen molar-refractivity contribution in [3.63, 3.8) is 0 Å². The second-order valence-electron chi connectivity index (χ2n) is 32.1. The van der Waals surface area contributed by atoms with Crippen LogP contribution >= 0.6 is 0 Å². The zero-order chi connectivity index (χ0) is 80.9. The van der Waals surface area contributed by atoms with Crippen molar-refractivity contribution in [2.24, 2.45) is 0 Å². The molecule has 0 saturated carbocycles. The number of rotatable bonds is 84. The molecule has 0 bridgehead atoms. The Labute approximate surface area is 670 Å². The number of aliphatic carboxylic acids is 4. The van der Waals surface area contributed by atoms with E-state index in [1.54, 1.807) is 0 Å². The fourth-order valence-electron chi connectivity index (χ4n) is 13.5. The molecule has 0 unspecified atom stereocenters. The summed E-state index contributed by atoms with van der Waals surface area (Å²) in [7, 11) is 0. The van der Waals surface area contributed by atoms with Gasteiger partial charge in [0.1, 0.15) is 12.2 Å². The van der Waals surface area contributed by atoms with E-state index in [2.05, 4.69) is 27.7 Å². The number of hydrogen-bond acceptors (Lipinski definition) is 10. The molecule has 14 nitrogen and oxygen atoms in total. The molecule has 652 valence electrons. The van der Waals surface area contributed by atoms with E-state index in [9.17, 15) is 19.2 Å². The molecule has 0 aliphatic heterocycles. The molecule has 0 aromatic carbocycles. The molecule has 0 aromatic rings. The Morgan fingerprint density at radius 1 is 0.157 bits per heavy atom. The van der Waals surface area contributed by atoms with Crippen molar-refractivity contribution >= 4 is 23.9 Å². The number of hydrogen-bond donors (Lipinski definition) is 10. The lowest BCUT2D eigenvalue weighted by atomic mass is 10.0. The summed E-state index contributed by atoms with van der Waals surface area (Å²) >= 11 is 0. The Morgan fingerprint density at radius 2 is 0.231 bits per heavy atom. The molecular formula is C94H192O14. The van der Waals surface area contributed by atoms with Crippen LogP contribution in [0.4, 0.5) is 0 Å². The summed E-state index contributed by atoms with van der Waals surface area (Å²) in [5.74, 6) is -2.60. The second-order valence-corrected chi connectivity index (χ2v) is 32.1. The summed E-state index contributed by atoms with van der Waals surface area (Å²) in [4.78, 5) is 41.5. The first-order valence-corrected chi connectivity index (χ1v) is 47.4. The van der Waals surface area contributed by atoms with Gasteiger partial charge in [0.25, 0.3) is 0 Å². The summed E-state index contributed by atoms with van der Waals surface area (Å²) in [6, 6.07) is 0. The van der Waals surface area contributed by atoms with Crippen molar-refractivity contribution in [2.75, 3.05) is 26.4 Å². The van der Waals surface area contributed by atoms with Crippen molar-refractivity contribution in [1.82, 2.24) is 0 Å². The first-order valence-electron chi connectivity index (χ1n) is 47.4. The molecule has 0 fully saturated rings. The van der Waals surface area contributed by atoms with Crippen molar-refractivity contribution < 1.29 is 70.2 Å². The Bertz CT molecular complexity index is 1380. The van der Waals surface area contributed by atoms with E-state index in [0.717, 1.165) is 51.4 Å². The van der Waals surface area contributed by atoms with Crippen molar-refractivity contribution in [1.29, 1.82) is 0 Å². The molecule has 10 N–H and O–H groups in total.